The van der Waals surface area contributed by atoms with Crippen LogP contribution in [0.2, 0.25) is 0 Å². The number of nitrogens with two attached hydrogens (primary N) is 1. The van der Waals surface area contributed by atoms with Crippen molar-refractivity contribution in [2.75, 3.05) is 12.8 Å². The van der Waals surface area contributed by atoms with Crippen molar-refractivity contribution < 1.29 is 13.7 Å². The Balaban J connectivity index is 2.72. The van der Waals surface area contributed by atoms with Crippen molar-refractivity contribution in [1.29, 1.82) is 0 Å². The molecule has 1 heterocycles. The van der Waals surface area contributed by atoms with Gasteiger partial charge in [-0.1, -0.05) is 17.3 Å². The minimum Gasteiger partial charge on any atom is -0.496 e. The van der Waals surface area contributed by atoms with Gasteiger partial charge in [-0.3, -0.25) is 0 Å². The van der Waals surface area contributed by atoms with E-state index in [9.17, 15) is 4.39 Å². The Morgan fingerprint density at radius 3 is 2.53 bits per heavy atom. The summed E-state index contributed by atoms with van der Waals surface area (Å²) in [5, 5.41) is 3.88. The number of rotatable bonds is 3. The van der Waals surface area contributed by atoms with Crippen molar-refractivity contribution in [2.45, 2.75) is 26.4 Å². The molecule has 0 atom stereocenters. The third-order valence-electron chi connectivity index (χ3n) is 3.00. The molecule has 1 aromatic heterocycles. The average Bonchev–Trinajstić information content (AvgIpc) is 2.73. The zero-order chi connectivity index (χ0) is 14.2. The molecule has 0 spiro atoms. The number of alkyl halides is 1. The molecular formula is C14H17FN2O2. The van der Waals surface area contributed by atoms with E-state index in [-0.39, 0.29) is 5.88 Å². The molecular weight excluding hydrogens is 247 g/mol. The van der Waals surface area contributed by atoms with Crippen LogP contribution in [-0.4, -0.2) is 12.3 Å². The predicted octanol–water partition coefficient (Wildman–Crippen LogP) is 3.45. The zero-order valence-corrected chi connectivity index (χ0v) is 11.5. The Hall–Kier alpha value is -2.04. The topological polar surface area (TPSA) is 61.3 Å². The standard InChI is InChI=1S/C14H17FN2O2/c1-8-5-6-9(14(2,3)15)13(18-4)12(8)10-7-11(16)19-17-10/h5-7H,16H2,1-4H3. The number of nitrogens with zero attached hydrogens (tertiary/aromatic N) is 1. The molecule has 19 heavy (non-hydrogen) atoms. The molecule has 0 saturated carbocycles. The third-order valence-corrected chi connectivity index (χ3v) is 3.00. The lowest BCUT2D eigenvalue weighted by molar-refractivity contribution is 0.213. The highest BCUT2D eigenvalue weighted by atomic mass is 19.1. The number of methoxy groups -OCH3 is 1. The second-order valence-electron chi connectivity index (χ2n) is 4.93. The smallest absolute Gasteiger partial charge is 0.222 e. The maximum absolute atomic E-state index is 14.3. The van der Waals surface area contributed by atoms with E-state index < -0.39 is 5.67 Å². The fourth-order valence-corrected chi connectivity index (χ4v) is 2.09. The van der Waals surface area contributed by atoms with E-state index in [1.54, 1.807) is 12.1 Å². The first-order chi connectivity index (χ1) is 8.84. The van der Waals surface area contributed by atoms with E-state index in [1.807, 2.05) is 13.0 Å². The maximum Gasteiger partial charge on any atom is 0.222 e. The van der Waals surface area contributed by atoms with E-state index in [4.69, 9.17) is 15.0 Å². The van der Waals surface area contributed by atoms with Crippen molar-refractivity contribution in [3.63, 3.8) is 0 Å². The van der Waals surface area contributed by atoms with E-state index >= 15 is 0 Å². The average molecular weight is 264 g/mol. The lowest BCUT2D eigenvalue weighted by Crippen LogP contribution is -2.12. The highest BCUT2D eigenvalue weighted by Gasteiger charge is 2.27. The highest BCUT2D eigenvalue weighted by molar-refractivity contribution is 5.74. The maximum atomic E-state index is 14.3. The molecule has 0 amide bonds. The lowest BCUT2D eigenvalue weighted by Gasteiger charge is -2.21. The predicted molar refractivity (Wildman–Crippen MR) is 71.8 cm³/mol. The number of hydrogen-bond donors (Lipinski definition) is 1. The molecule has 0 aliphatic rings. The molecule has 102 valence electrons. The van der Waals surface area contributed by atoms with Crippen LogP contribution in [0.25, 0.3) is 11.3 Å². The van der Waals surface area contributed by atoms with Gasteiger partial charge in [-0.2, -0.15) is 0 Å². The molecule has 0 fully saturated rings. The Morgan fingerprint density at radius 2 is 2.05 bits per heavy atom. The summed E-state index contributed by atoms with van der Waals surface area (Å²) in [6.45, 7) is 4.87. The summed E-state index contributed by atoms with van der Waals surface area (Å²) in [7, 11) is 1.51. The largest absolute Gasteiger partial charge is 0.496 e. The minimum absolute atomic E-state index is 0.210. The van der Waals surface area contributed by atoms with Gasteiger partial charge < -0.3 is 15.0 Å². The van der Waals surface area contributed by atoms with E-state index in [2.05, 4.69) is 5.16 Å². The normalized spacial score (nSPS) is 11.6. The quantitative estimate of drug-likeness (QED) is 0.922. The van der Waals surface area contributed by atoms with Gasteiger partial charge in [0.15, 0.2) is 0 Å². The van der Waals surface area contributed by atoms with Gasteiger partial charge in [0.05, 0.1) is 7.11 Å². The fraction of sp³-hybridized carbons (Fsp3) is 0.357. The molecule has 0 unspecified atom stereocenters. The van der Waals surface area contributed by atoms with E-state index in [0.717, 1.165) is 5.56 Å². The van der Waals surface area contributed by atoms with Crippen molar-refractivity contribution in [3.8, 4) is 17.0 Å². The SMILES string of the molecule is COc1c(C(C)(C)F)ccc(C)c1-c1cc(N)on1. The summed E-state index contributed by atoms with van der Waals surface area (Å²) in [5.74, 6) is 0.669. The van der Waals surface area contributed by atoms with E-state index in [1.165, 1.54) is 21.0 Å². The molecule has 0 aliphatic carbocycles. The summed E-state index contributed by atoms with van der Waals surface area (Å²) in [4.78, 5) is 0. The van der Waals surface area contributed by atoms with Crippen LogP contribution in [0.1, 0.15) is 25.0 Å². The van der Waals surface area contributed by atoms with Gasteiger partial charge in [0.2, 0.25) is 5.88 Å². The van der Waals surface area contributed by atoms with Crippen LogP contribution in [0.3, 0.4) is 0 Å². The molecule has 0 radical (unpaired) electrons. The molecule has 2 aromatic rings. The number of anilines is 1. The summed E-state index contributed by atoms with van der Waals surface area (Å²) in [5.41, 5.74) is 6.65. The molecule has 2 N–H and O–H groups in total. The summed E-state index contributed by atoms with van der Waals surface area (Å²) >= 11 is 0. The van der Waals surface area contributed by atoms with Crippen LogP contribution < -0.4 is 10.5 Å². The van der Waals surface area contributed by atoms with Crippen molar-refractivity contribution in [3.05, 3.63) is 29.3 Å². The number of aromatic nitrogens is 1. The Morgan fingerprint density at radius 1 is 1.37 bits per heavy atom. The lowest BCUT2D eigenvalue weighted by atomic mass is 9.92. The Kier molecular flexibility index (Phi) is 3.22. The van der Waals surface area contributed by atoms with Gasteiger partial charge in [-0.15, -0.1) is 0 Å². The van der Waals surface area contributed by atoms with Gasteiger partial charge in [-0.05, 0) is 26.3 Å². The number of hydrogen-bond acceptors (Lipinski definition) is 4. The molecule has 0 saturated heterocycles. The number of aryl methyl sites for hydroxylation is 1. The highest BCUT2D eigenvalue weighted by Crippen LogP contribution is 2.41. The molecule has 2 rings (SSSR count). The Labute approximate surface area is 111 Å². The van der Waals surface area contributed by atoms with Crippen LogP contribution in [-0.2, 0) is 5.67 Å². The van der Waals surface area contributed by atoms with Gasteiger partial charge in [0.1, 0.15) is 17.1 Å². The first-order valence-electron chi connectivity index (χ1n) is 5.94. The van der Waals surface area contributed by atoms with Gasteiger partial charge in [0.25, 0.3) is 0 Å². The molecule has 0 aliphatic heterocycles. The second kappa shape index (κ2) is 4.57. The first kappa shape index (κ1) is 13.4. The zero-order valence-electron chi connectivity index (χ0n) is 11.5. The summed E-state index contributed by atoms with van der Waals surface area (Å²) < 4.78 is 24.5. The van der Waals surface area contributed by atoms with Crippen LogP contribution in [0.15, 0.2) is 22.7 Å². The van der Waals surface area contributed by atoms with Crippen LogP contribution in [0, 0.1) is 6.92 Å². The van der Waals surface area contributed by atoms with E-state index in [0.29, 0.717) is 22.6 Å². The van der Waals surface area contributed by atoms with Gasteiger partial charge in [0, 0.05) is 17.2 Å². The molecule has 0 bridgehead atoms. The van der Waals surface area contributed by atoms with Crippen LogP contribution >= 0.6 is 0 Å². The first-order valence-corrected chi connectivity index (χ1v) is 5.94. The van der Waals surface area contributed by atoms with Crippen molar-refractivity contribution in [1.82, 2.24) is 5.16 Å². The summed E-state index contributed by atoms with van der Waals surface area (Å²) in [6, 6.07) is 5.15. The van der Waals surface area contributed by atoms with Crippen molar-refractivity contribution >= 4 is 5.88 Å². The Bertz CT molecular complexity index is 600. The number of nitrogen functional groups attached to an aromatic ring is 1. The monoisotopic (exact) mass is 264 g/mol. The van der Waals surface area contributed by atoms with Crippen LogP contribution in [0.5, 0.6) is 5.75 Å². The fourth-order valence-electron chi connectivity index (χ4n) is 2.09. The second-order valence-corrected chi connectivity index (χ2v) is 4.93. The van der Waals surface area contributed by atoms with Crippen LogP contribution in [0.4, 0.5) is 10.3 Å². The summed E-state index contributed by atoms with van der Waals surface area (Å²) in [6.07, 6.45) is 0. The minimum atomic E-state index is -1.51. The molecule has 1 aromatic carbocycles. The number of ether oxygens (including phenoxy) is 1. The van der Waals surface area contributed by atoms with Gasteiger partial charge in [-0.25, -0.2) is 4.39 Å². The molecule has 5 heteroatoms. The number of benzene rings is 1. The van der Waals surface area contributed by atoms with Gasteiger partial charge >= 0.3 is 0 Å². The molecule has 4 nitrogen and oxygen atoms in total. The third kappa shape index (κ3) is 2.41. The van der Waals surface area contributed by atoms with Crippen molar-refractivity contribution in [2.24, 2.45) is 0 Å². The number of halogens is 1.